The Kier molecular flexibility index (Phi) is 4.31. The Morgan fingerprint density at radius 2 is 2.35 bits per heavy atom. The van der Waals surface area contributed by atoms with Crippen molar-refractivity contribution in [2.75, 3.05) is 32.8 Å². The number of carbonyl (C=O) groups excluding carboxylic acids is 1. The van der Waals surface area contributed by atoms with Crippen LogP contribution in [0.3, 0.4) is 0 Å². The molecule has 2 rings (SSSR count). The molecule has 7 nitrogen and oxygen atoms in total. The van der Waals surface area contributed by atoms with Crippen molar-refractivity contribution in [3.8, 4) is 0 Å². The predicted molar refractivity (Wildman–Crippen MR) is 60.5 cm³/mol. The highest BCUT2D eigenvalue weighted by Gasteiger charge is 2.15. The lowest BCUT2D eigenvalue weighted by atomic mass is 10.3. The van der Waals surface area contributed by atoms with E-state index in [1.807, 2.05) is 0 Å². The van der Waals surface area contributed by atoms with Gasteiger partial charge in [0.05, 0.1) is 13.2 Å². The number of urea groups is 1. The van der Waals surface area contributed by atoms with Crippen molar-refractivity contribution >= 4 is 6.03 Å². The second-order valence-electron chi connectivity index (χ2n) is 3.87. The summed E-state index contributed by atoms with van der Waals surface area (Å²) in [6.45, 7) is 3.26. The molecular formula is C10H17N5O2. The molecular weight excluding hydrogens is 222 g/mol. The summed E-state index contributed by atoms with van der Waals surface area (Å²) in [7, 11) is 0. The number of hydrogen-bond donors (Lipinski definition) is 2. The van der Waals surface area contributed by atoms with Gasteiger partial charge in [-0.3, -0.25) is 5.10 Å². The summed E-state index contributed by atoms with van der Waals surface area (Å²) in [5.41, 5.74) is 0. The minimum atomic E-state index is -0.00845. The second-order valence-corrected chi connectivity index (χ2v) is 3.87. The van der Waals surface area contributed by atoms with Crippen molar-refractivity contribution in [1.29, 1.82) is 0 Å². The summed E-state index contributed by atoms with van der Waals surface area (Å²) < 4.78 is 5.18. The van der Waals surface area contributed by atoms with Crippen LogP contribution in [-0.2, 0) is 11.2 Å². The Hall–Kier alpha value is -1.63. The second kappa shape index (κ2) is 6.19. The van der Waals surface area contributed by atoms with E-state index in [9.17, 15) is 4.79 Å². The molecule has 1 fully saturated rings. The van der Waals surface area contributed by atoms with Crippen LogP contribution in [0, 0.1) is 0 Å². The van der Waals surface area contributed by atoms with E-state index >= 15 is 0 Å². The molecule has 1 aliphatic rings. The van der Waals surface area contributed by atoms with Crippen LogP contribution in [0.15, 0.2) is 6.33 Å². The van der Waals surface area contributed by atoms with E-state index in [0.29, 0.717) is 32.8 Å². The minimum absolute atomic E-state index is 0.00845. The van der Waals surface area contributed by atoms with Gasteiger partial charge in [0.15, 0.2) is 0 Å². The minimum Gasteiger partial charge on any atom is -0.378 e. The topological polar surface area (TPSA) is 83.1 Å². The summed E-state index contributed by atoms with van der Waals surface area (Å²) in [5, 5.41) is 9.44. The van der Waals surface area contributed by atoms with Gasteiger partial charge in [0.1, 0.15) is 12.2 Å². The van der Waals surface area contributed by atoms with Gasteiger partial charge < -0.3 is 15.0 Å². The normalized spacial score (nSPS) is 15.9. The first-order chi connectivity index (χ1) is 8.36. The third-order valence-electron chi connectivity index (χ3n) is 2.63. The van der Waals surface area contributed by atoms with Crippen molar-refractivity contribution < 1.29 is 9.53 Å². The average Bonchev–Trinajstić information content (AvgIpc) is 2.88. The highest BCUT2D eigenvalue weighted by Crippen LogP contribution is 1.97. The Morgan fingerprint density at radius 3 is 3.06 bits per heavy atom. The van der Waals surface area contributed by atoms with E-state index in [2.05, 4.69) is 20.5 Å². The number of morpholine rings is 1. The maximum absolute atomic E-state index is 11.7. The number of nitrogens with zero attached hydrogens (tertiary/aromatic N) is 3. The van der Waals surface area contributed by atoms with E-state index in [0.717, 1.165) is 18.7 Å². The quantitative estimate of drug-likeness (QED) is 0.711. The highest BCUT2D eigenvalue weighted by molar-refractivity contribution is 5.74. The van der Waals surface area contributed by atoms with Crippen LogP contribution in [0.5, 0.6) is 0 Å². The third kappa shape index (κ3) is 3.70. The summed E-state index contributed by atoms with van der Waals surface area (Å²) in [5.74, 6) is 0.852. The van der Waals surface area contributed by atoms with E-state index in [1.165, 1.54) is 6.33 Å². The van der Waals surface area contributed by atoms with Gasteiger partial charge in [0, 0.05) is 26.1 Å². The number of rotatable bonds is 4. The fourth-order valence-electron chi connectivity index (χ4n) is 1.68. The van der Waals surface area contributed by atoms with Gasteiger partial charge in [-0.05, 0) is 6.42 Å². The number of carbonyl (C=O) groups is 1. The molecule has 0 aliphatic carbocycles. The predicted octanol–water partition coefficient (Wildman–Crippen LogP) is -0.221. The standard InChI is InChI=1S/C10H17N5O2/c16-10(15-4-6-17-7-5-15)11-3-1-2-9-12-8-13-14-9/h8H,1-7H2,(H,11,16)(H,12,13,14). The molecule has 1 saturated heterocycles. The average molecular weight is 239 g/mol. The van der Waals surface area contributed by atoms with E-state index < -0.39 is 0 Å². The molecule has 0 aromatic carbocycles. The molecule has 0 atom stereocenters. The number of aromatic amines is 1. The zero-order valence-electron chi connectivity index (χ0n) is 9.69. The first-order valence-electron chi connectivity index (χ1n) is 5.81. The van der Waals surface area contributed by atoms with Crippen molar-refractivity contribution in [3.63, 3.8) is 0 Å². The van der Waals surface area contributed by atoms with Crippen LogP contribution in [0.2, 0.25) is 0 Å². The first-order valence-corrected chi connectivity index (χ1v) is 5.81. The smallest absolute Gasteiger partial charge is 0.317 e. The molecule has 94 valence electrons. The Labute approximate surface area is 99.5 Å². The lowest BCUT2D eigenvalue weighted by molar-refractivity contribution is 0.0532. The molecule has 1 aromatic rings. The van der Waals surface area contributed by atoms with Gasteiger partial charge in [0.25, 0.3) is 0 Å². The van der Waals surface area contributed by atoms with Gasteiger partial charge in [-0.15, -0.1) is 0 Å². The lowest BCUT2D eigenvalue weighted by Crippen LogP contribution is -2.46. The fraction of sp³-hybridized carbons (Fsp3) is 0.700. The Bertz CT molecular complexity index is 334. The van der Waals surface area contributed by atoms with E-state index in [-0.39, 0.29) is 6.03 Å². The van der Waals surface area contributed by atoms with E-state index in [4.69, 9.17) is 4.74 Å². The number of hydrogen-bond acceptors (Lipinski definition) is 4. The van der Waals surface area contributed by atoms with Gasteiger partial charge in [-0.2, -0.15) is 5.10 Å². The monoisotopic (exact) mass is 239 g/mol. The number of aryl methyl sites for hydroxylation is 1. The van der Waals surface area contributed by atoms with Crippen LogP contribution in [-0.4, -0.2) is 59.0 Å². The third-order valence-corrected chi connectivity index (χ3v) is 2.63. The largest absolute Gasteiger partial charge is 0.378 e. The molecule has 0 spiro atoms. The number of amides is 2. The van der Waals surface area contributed by atoms with Gasteiger partial charge in [-0.1, -0.05) is 0 Å². The Morgan fingerprint density at radius 1 is 1.53 bits per heavy atom. The number of nitrogens with one attached hydrogen (secondary N) is 2. The molecule has 0 radical (unpaired) electrons. The van der Waals surface area contributed by atoms with Crippen molar-refractivity contribution in [2.24, 2.45) is 0 Å². The van der Waals surface area contributed by atoms with Crippen LogP contribution in [0.25, 0.3) is 0 Å². The van der Waals surface area contributed by atoms with Crippen molar-refractivity contribution in [3.05, 3.63) is 12.2 Å². The summed E-state index contributed by atoms with van der Waals surface area (Å²) in [6.07, 6.45) is 3.14. The molecule has 2 heterocycles. The zero-order chi connectivity index (χ0) is 11.9. The van der Waals surface area contributed by atoms with Crippen LogP contribution in [0.1, 0.15) is 12.2 Å². The molecule has 2 amide bonds. The van der Waals surface area contributed by atoms with Crippen LogP contribution >= 0.6 is 0 Å². The molecule has 0 bridgehead atoms. The zero-order valence-corrected chi connectivity index (χ0v) is 9.69. The van der Waals surface area contributed by atoms with E-state index in [1.54, 1.807) is 4.90 Å². The Balaban J connectivity index is 1.59. The van der Waals surface area contributed by atoms with Crippen molar-refractivity contribution in [1.82, 2.24) is 25.4 Å². The number of ether oxygens (including phenoxy) is 1. The van der Waals surface area contributed by atoms with Gasteiger partial charge >= 0.3 is 6.03 Å². The molecule has 1 aromatic heterocycles. The molecule has 1 aliphatic heterocycles. The van der Waals surface area contributed by atoms with Crippen LogP contribution < -0.4 is 5.32 Å². The molecule has 2 N–H and O–H groups in total. The van der Waals surface area contributed by atoms with Gasteiger partial charge in [-0.25, -0.2) is 9.78 Å². The molecule has 0 saturated carbocycles. The number of aromatic nitrogens is 3. The maximum Gasteiger partial charge on any atom is 0.317 e. The first kappa shape index (κ1) is 11.8. The maximum atomic E-state index is 11.7. The van der Waals surface area contributed by atoms with Gasteiger partial charge in [0.2, 0.25) is 0 Å². The number of H-pyrrole nitrogens is 1. The SMILES string of the molecule is O=C(NCCCc1ncn[nH]1)N1CCOCC1. The van der Waals surface area contributed by atoms with Crippen LogP contribution in [0.4, 0.5) is 4.79 Å². The molecule has 0 unspecified atom stereocenters. The highest BCUT2D eigenvalue weighted by atomic mass is 16.5. The molecule has 17 heavy (non-hydrogen) atoms. The summed E-state index contributed by atoms with van der Waals surface area (Å²) >= 11 is 0. The lowest BCUT2D eigenvalue weighted by Gasteiger charge is -2.26. The summed E-state index contributed by atoms with van der Waals surface area (Å²) in [4.78, 5) is 17.5. The summed E-state index contributed by atoms with van der Waals surface area (Å²) in [6, 6.07) is -0.00845. The fourth-order valence-corrected chi connectivity index (χ4v) is 1.68. The van der Waals surface area contributed by atoms with Crippen molar-refractivity contribution in [2.45, 2.75) is 12.8 Å². The molecule has 7 heteroatoms.